The van der Waals surface area contributed by atoms with Crippen molar-refractivity contribution in [3.63, 3.8) is 0 Å². The van der Waals surface area contributed by atoms with Gasteiger partial charge < -0.3 is 5.11 Å². The van der Waals surface area contributed by atoms with Crippen LogP contribution in [0.5, 0.6) is 0 Å². The summed E-state index contributed by atoms with van der Waals surface area (Å²) in [6, 6.07) is 0. The first-order valence-electron chi connectivity index (χ1n) is 3.39. The molecule has 60 valence electrons. The molecule has 1 heterocycles. The predicted octanol–water partition coefficient (Wildman–Crippen LogP) is 1.53. The summed E-state index contributed by atoms with van der Waals surface area (Å²) >= 11 is 0. The Bertz CT molecular complexity index is 265. The van der Waals surface area contributed by atoms with Gasteiger partial charge in [-0.05, 0) is 0 Å². The van der Waals surface area contributed by atoms with E-state index in [1.54, 1.807) is 0 Å². The molecule has 11 heavy (non-hydrogen) atoms. The number of aromatic nitrogens is 2. The van der Waals surface area contributed by atoms with E-state index in [-0.39, 0.29) is 5.92 Å². The second-order valence-electron chi connectivity index (χ2n) is 2.59. The molecule has 0 saturated heterocycles. The minimum absolute atomic E-state index is 0.140. The Morgan fingerprint density at radius 3 is 2.73 bits per heavy atom. The fraction of sp³-hybridized carbons (Fsp3) is 0.429. The van der Waals surface area contributed by atoms with E-state index >= 15 is 0 Å². The van der Waals surface area contributed by atoms with Gasteiger partial charge in [-0.2, -0.15) is 0 Å². The Morgan fingerprint density at radius 1 is 1.73 bits per heavy atom. The lowest BCUT2D eigenvalue weighted by Gasteiger charge is -2.03. The van der Waals surface area contributed by atoms with Gasteiger partial charge in [0.1, 0.15) is 5.82 Å². The van der Waals surface area contributed by atoms with Crippen LogP contribution in [0.2, 0.25) is 0 Å². The molecule has 1 rings (SSSR count). The summed E-state index contributed by atoms with van der Waals surface area (Å²) in [5.74, 6) is 0.721. The highest BCUT2D eigenvalue weighted by Crippen LogP contribution is 2.10. The second-order valence-corrected chi connectivity index (χ2v) is 2.59. The van der Waals surface area contributed by atoms with E-state index in [2.05, 4.69) is 4.98 Å². The monoisotopic (exact) mass is 154 g/mol. The second kappa shape index (κ2) is 2.74. The highest BCUT2D eigenvalue weighted by atomic mass is 16.4. The third-order valence-electron chi connectivity index (χ3n) is 1.39. The van der Waals surface area contributed by atoms with Crippen LogP contribution in [0.3, 0.4) is 0 Å². The van der Waals surface area contributed by atoms with Gasteiger partial charge in [0.2, 0.25) is 0 Å². The molecule has 0 aliphatic carbocycles. The molecule has 0 aromatic carbocycles. The summed E-state index contributed by atoms with van der Waals surface area (Å²) in [6.07, 6.45) is 1.95. The summed E-state index contributed by atoms with van der Waals surface area (Å²) in [6.45, 7) is 3.81. The zero-order valence-electron chi connectivity index (χ0n) is 6.48. The van der Waals surface area contributed by atoms with Gasteiger partial charge in [-0.25, -0.2) is 14.3 Å². The Kier molecular flexibility index (Phi) is 1.94. The Hall–Kier alpha value is -1.32. The van der Waals surface area contributed by atoms with E-state index in [9.17, 15) is 4.79 Å². The quantitative estimate of drug-likeness (QED) is 0.667. The van der Waals surface area contributed by atoms with E-state index in [0.717, 1.165) is 4.57 Å². The molecule has 0 spiro atoms. The predicted molar refractivity (Wildman–Crippen MR) is 39.7 cm³/mol. The zero-order chi connectivity index (χ0) is 8.43. The van der Waals surface area contributed by atoms with Gasteiger partial charge in [0, 0.05) is 18.3 Å². The maximum absolute atomic E-state index is 10.5. The molecule has 0 aliphatic rings. The Labute approximate surface area is 64.5 Å². The van der Waals surface area contributed by atoms with Gasteiger partial charge in [-0.15, -0.1) is 0 Å². The zero-order valence-corrected chi connectivity index (χ0v) is 6.48. The van der Waals surface area contributed by atoms with Crippen molar-refractivity contribution in [3.05, 3.63) is 18.2 Å². The molecule has 0 atom stereocenters. The molecule has 4 nitrogen and oxygen atoms in total. The number of rotatable bonds is 1. The molecule has 0 radical (unpaired) electrons. The fourth-order valence-electron chi connectivity index (χ4n) is 0.904. The number of nitrogens with zero attached hydrogens (tertiary/aromatic N) is 2. The molecule has 0 unspecified atom stereocenters. The molecule has 0 bridgehead atoms. The van der Waals surface area contributed by atoms with Gasteiger partial charge >= 0.3 is 6.09 Å². The van der Waals surface area contributed by atoms with Crippen LogP contribution in [0.4, 0.5) is 4.79 Å². The number of imidazole rings is 1. The summed E-state index contributed by atoms with van der Waals surface area (Å²) in [5, 5.41) is 8.63. The van der Waals surface area contributed by atoms with Crippen LogP contribution in [0.15, 0.2) is 12.4 Å². The van der Waals surface area contributed by atoms with Gasteiger partial charge in [-0.3, -0.25) is 0 Å². The van der Waals surface area contributed by atoms with Crippen LogP contribution in [-0.2, 0) is 0 Å². The van der Waals surface area contributed by atoms with Crippen LogP contribution in [0.25, 0.3) is 0 Å². The highest BCUT2D eigenvalue weighted by Gasteiger charge is 2.10. The average molecular weight is 154 g/mol. The number of hydrogen-bond acceptors (Lipinski definition) is 2. The topological polar surface area (TPSA) is 55.1 Å². The SMILES string of the molecule is CC(C)c1nccn1C(=O)O. The first-order valence-corrected chi connectivity index (χ1v) is 3.39. The molecular formula is C7H10N2O2. The molecule has 1 N–H and O–H groups in total. The maximum atomic E-state index is 10.5. The molecule has 0 amide bonds. The molecule has 4 heteroatoms. The van der Waals surface area contributed by atoms with Crippen LogP contribution in [0, 0.1) is 0 Å². The summed E-state index contributed by atoms with van der Waals surface area (Å²) in [7, 11) is 0. The van der Waals surface area contributed by atoms with Gasteiger partial charge in [0.05, 0.1) is 0 Å². The fourth-order valence-corrected chi connectivity index (χ4v) is 0.904. The van der Waals surface area contributed by atoms with Crippen LogP contribution >= 0.6 is 0 Å². The number of carbonyl (C=O) groups is 1. The lowest BCUT2D eigenvalue weighted by molar-refractivity contribution is 0.195. The molecular weight excluding hydrogens is 144 g/mol. The maximum Gasteiger partial charge on any atom is 0.417 e. The third kappa shape index (κ3) is 1.39. The Morgan fingerprint density at radius 2 is 2.36 bits per heavy atom. The van der Waals surface area contributed by atoms with Gasteiger partial charge in [0.25, 0.3) is 0 Å². The third-order valence-corrected chi connectivity index (χ3v) is 1.39. The normalized spacial score (nSPS) is 10.5. The largest absolute Gasteiger partial charge is 0.464 e. The van der Waals surface area contributed by atoms with E-state index in [1.165, 1.54) is 12.4 Å². The van der Waals surface area contributed by atoms with E-state index in [1.807, 2.05) is 13.8 Å². The Balaban J connectivity index is 3.06. The van der Waals surface area contributed by atoms with Crippen molar-refractivity contribution in [2.75, 3.05) is 0 Å². The summed E-state index contributed by atoms with van der Waals surface area (Å²) in [4.78, 5) is 14.4. The van der Waals surface area contributed by atoms with Gasteiger partial charge in [-0.1, -0.05) is 13.8 Å². The van der Waals surface area contributed by atoms with Crippen molar-refractivity contribution in [1.29, 1.82) is 0 Å². The molecule has 1 aromatic heterocycles. The van der Waals surface area contributed by atoms with E-state index in [0.29, 0.717) is 5.82 Å². The smallest absolute Gasteiger partial charge is 0.417 e. The van der Waals surface area contributed by atoms with Crippen LogP contribution in [-0.4, -0.2) is 20.8 Å². The van der Waals surface area contributed by atoms with E-state index in [4.69, 9.17) is 5.11 Å². The number of hydrogen-bond donors (Lipinski definition) is 1. The number of carboxylic acid groups (broad SMARTS) is 1. The minimum Gasteiger partial charge on any atom is -0.464 e. The van der Waals surface area contributed by atoms with Crippen molar-refractivity contribution >= 4 is 6.09 Å². The van der Waals surface area contributed by atoms with E-state index < -0.39 is 6.09 Å². The lowest BCUT2D eigenvalue weighted by atomic mass is 10.2. The van der Waals surface area contributed by atoms with Crippen LogP contribution in [0.1, 0.15) is 25.6 Å². The van der Waals surface area contributed by atoms with Gasteiger partial charge in [0.15, 0.2) is 0 Å². The van der Waals surface area contributed by atoms with Crippen molar-refractivity contribution < 1.29 is 9.90 Å². The first-order chi connectivity index (χ1) is 5.13. The summed E-state index contributed by atoms with van der Waals surface area (Å²) < 4.78 is 1.13. The van der Waals surface area contributed by atoms with Crippen LogP contribution < -0.4 is 0 Å². The lowest BCUT2D eigenvalue weighted by Crippen LogP contribution is -2.11. The van der Waals surface area contributed by atoms with Crippen molar-refractivity contribution in [1.82, 2.24) is 9.55 Å². The van der Waals surface area contributed by atoms with Crippen molar-refractivity contribution in [3.8, 4) is 0 Å². The molecule has 0 saturated carbocycles. The standard InChI is InChI=1S/C7H10N2O2/c1-5(2)6-8-3-4-9(6)7(10)11/h3-5H,1-2H3,(H,10,11). The van der Waals surface area contributed by atoms with Crippen molar-refractivity contribution in [2.24, 2.45) is 0 Å². The first kappa shape index (κ1) is 7.78. The summed E-state index contributed by atoms with van der Waals surface area (Å²) in [5.41, 5.74) is 0. The molecule has 0 fully saturated rings. The molecule has 0 aliphatic heterocycles. The molecule has 1 aromatic rings. The van der Waals surface area contributed by atoms with Crippen molar-refractivity contribution in [2.45, 2.75) is 19.8 Å². The minimum atomic E-state index is -0.980. The average Bonchev–Trinajstić information content (AvgIpc) is 2.32. The highest BCUT2D eigenvalue weighted by molar-refractivity contribution is 5.68.